The van der Waals surface area contributed by atoms with Crippen LogP contribution < -0.4 is 4.31 Å². The number of amides is 1. The predicted octanol–water partition coefficient (Wildman–Crippen LogP) is 1.35. The lowest BCUT2D eigenvalue weighted by Gasteiger charge is -2.20. The molecule has 0 N–H and O–H groups in total. The largest absolute Gasteiger partial charge is 0.465 e. The van der Waals surface area contributed by atoms with Gasteiger partial charge in [0.05, 0.1) is 24.6 Å². The van der Waals surface area contributed by atoms with Gasteiger partial charge in [0.2, 0.25) is 10.0 Å². The van der Waals surface area contributed by atoms with Crippen LogP contribution in [0, 0.1) is 0 Å². The van der Waals surface area contributed by atoms with Crippen molar-refractivity contribution in [1.29, 1.82) is 0 Å². The van der Waals surface area contributed by atoms with Crippen molar-refractivity contribution >= 4 is 27.6 Å². The van der Waals surface area contributed by atoms with Crippen molar-refractivity contribution in [1.82, 2.24) is 4.90 Å². The Kier molecular flexibility index (Phi) is 6.14. The standard InChI is InChI=1S/C15H22N2O5S/c1-6-7-16(2)14(18)11-8-12(15(19)22-4)10-13(9-11)17(3)23(5,20)21/h8-10H,6-7H2,1-5H3. The molecule has 0 aliphatic heterocycles. The van der Waals surface area contributed by atoms with Gasteiger partial charge < -0.3 is 9.64 Å². The van der Waals surface area contributed by atoms with E-state index in [9.17, 15) is 18.0 Å². The molecule has 0 bridgehead atoms. The Morgan fingerprint density at radius 2 is 1.70 bits per heavy atom. The van der Waals surface area contributed by atoms with Crippen molar-refractivity contribution in [2.45, 2.75) is 13.3 Å². The van der Waals surface area contributed by atoms with Gasteiger partial charge in [-0.2, -0.15) is 0 Å². The summed E-state index contributed by atoms with van der Waals surface area (Å²) >= 11 is 0. The minimum Gasteiger partial charge on any atom is -0.465 e. The number of hydrogen-bond donors (Lipinski definition) is 0. The van der Waals surface area contributed by atoms with Gasteiger partial charge in [0.15, 0.2) is 0 Å². The second-order valence-corrected chi connectivity index (χ2v) is 7.23. The summed E-state index contributed by atoms with van der Waals surface area (Å²) in [6, 6.07) is 4.23. The van der Waals surface area contributed by atoms with Crippen LogP contribution >= 0.6 is 0 Å². The van der Waals surface area contributed by atoms with E-state index in [0.29, 0.717) is 6.54 Å². The molecule has 0 unspecified atom stereocenters. The molecule has 0 aromatic heterocycles. The highest BCUT2D eigenvalue weighted by molar-refractivity contribution is 7.92. The maximum Gasteiger partial charge on any atom is 0.337 e. The van der Waals surface area contributed by atoms with Crippen molar-refractivity contribution in [2.24, 2.45) is 0 Å². The molecule has 0 saturated carbocycles. The van der Waals surface area contributed by atoms with E-state index in [1.54, 1.807) is 7.05 Å². The van der Waals surface area contributed by atoms with Crippen molar-refractivity contribution in [3.8, 4) is 0 Å². The number of benzene rings is 1. The van der Waals surface area contributed by atoms with Crippen LogP contribution in [0.25, 0.3) is 0 Å². The first-order valence-electron chi connectivity index (χ1n) is 7.04. The van der Waals surface area contributed by atoms with E-state index in [-0.39, 0.29) is 22.7 Å². The predicted molar refractivity (Wildman–Crippen MR) is 88.3 cm³/mol. The summed E-state index contributed by atoms with van der Waals surface area (Å²) in [4.78, 5) is 25.7. The molecule has 0 spiro atoms. The summed E-state index contributed by atoms with van der Waals surface area (Å²) in [5, 5.41) is 0. The highest BCUT2D eigenvalue weighted by atomic mass is 32.2. The summed E-state index contributed by atoms with van der Waals surface area (Å²) in [5.41, 5.74) is 0.576. The van der Waals surface area contributed by atoms with Crippen LogP contribution in [-0.2, 0) is 14.8 Å². The molecule has 7 nitrogen and oxygen atoms in total. The fourth-order valence-electron chi connectivity index (χ4n) is 2.00. The second kappa shape index (κ2) is 7.45. The molecule has 0 heterocycles. The first-order valence-corrected chi connectivity index (χ1v) is 8.89. The fraction of sp³-hybridized carbons (Fsp3) is 0.467. The van der Waals surface area contributed by atoms with Crippen LogP contribution in [0.1, 0.15) is 34.1 Å². The lowest BCUT2D eigenvalue weighted by atomic mass is 10.1. The monoisotopic (exact) mass is 342 g/mol. The van der Waals surface area contributed by atoms with Gasteiger partial charge in [-0.3, -0.25) is 9.10 Å². The third kappa shape index (κ3) is 4.69. The molecule has 23 heavy (non-hydrogen) atoms. The van der Waals surface area contributed by atoms with Gasteiger partial charge in [0.25, 0.3) is 5.91 Å². The maximum absolute atomic E-state index is 12.4. The number of hydrogen-bond acceptors (Lipinski definition) is 5. The third-order valence-corrected chi connectivity index (χ3v) is 4.56. The zero-order valence-corrected chi connectivity index (χ0v) is 14.8. The second-order valence-electron chi connectivity index (χ2n) is 5.22. The zero-order chi connectivity index (χ0) is 17.8. The van der Waals surface area contributed by atoms with Gasteiger partial charge in [-0.05, 0) is 24.6 Å². The zero-order valence-electron chi connectivity index (χ0n) is 14.0. The first-order chi connectivity index (χ1) is 10.6. The van der Waals surface area contributed by atoms with Crippen molar-refractivity contribution < 1.29 is 22.7 Å². The van der Waals surface area contributed by atoms with Gasteiger partial charge >= 0.3 is 5.97 Å². The number of carbonyl (C=O) groups is 2. The summed E-state index contributed by atoms with van der Waals surface area (Å²) in [7, 11) is 0.707. The normalized spacial score (nSPS) is 11.0. The fourth-order valence-corrected chi connectivity index (χ4v) is 2.49. The van der Waals surface area contributed by atoms with E-state index in [1.807, 2.05) is 6.92 Å². The molecule has 1 amide bonds. The van der Waals surface area contributed by atoms with E-state index in [2.05, 4.69) is 4.74 Å². The first kappa shape index (κ1) is 19.0. The molecule has 128 valence electrons. The van der Waals surface area contributed by atoms with E-state index >= 15 is 0 Å². The molecule has 1 rings (SSSR count). The van der Waals surface area contributed by atoms with Crippen molar-refractivity contribution in [3.05, 3.63) is 29.3 Å². The molecule has 0 aliphatic carbocycles. The van der Waals surface area contributed by atoms with E-state index in [4.69, 9.17) is 0 Å². The van der Waals surface area contributed by atoms with Crippen LogP contribution in [0.4, 0.5) is 5.69 Å². The summed E-state index contributed by atoms with van der Waals surface area (Å²) in [5.74, 6) is -0.929. The van der Waals surface area contributed by atoms with E-state index < -0.39 is 16.0 Å². The lowest BCUT2D eigenvalue weighted by molar-refractivity contribution is 0.0600. The molecule has 0 aliphatic rings. The minimum atomic E-state index is -3.52. The third-order valence-electron chi connectivity index (χ3n) is 3.35. The Labute approximate surface area is 136 Å². The van der Waals surface area contributed by atoms with Crippen molar-refractivity contribution in [3.63, 3.8) is 0 Å². The van der Waals surface area contributed by atoms with Crippen LogP contribution in [0.15, 0.2) is 18.2 Å². The van der Waals surface area contributed by atoms with E-state index in [0.717, 1.165) is 17.0 Å². The Morgan fingerprint density at radius 3 is 2.17 bits per heavy atom. The molecular weight excluding hydrogens is 320 g/mol. The molecule has 1 aromatic rings. The van der Waals surface area contributed by atoms with E-state index in [1.165, 1.54) is 37.3 Å². The molecule has 0 saturated heterocycles. The van der Waals surface area contributed by atoms with Gasteiger partial charge in [-0.15, -0.1) is 0 Å². The number of rotatable bonds is 6. The van der Waals surface area contributed by atoms with Crippen molar-refractivity contribution in [2.75, 3.05) is 38.3 Å². The number of sulfonamides is 1. The summed E-state index contributed by atoms with van der Waals surface area (Å²) in [6.07, 6.45) is 1.83. The lowest BCUT2D eigenvalue weighted by Crippen LogP contribution is -2.29. The minimum absolute atomic E-state index is 0.119. The maximum atomic E-state index is 12.4. The number of esters is 1. The average Bonchev–Trinajstić information content (AvgIpc) is 2.51. The van der Waals surface area contributed by atoms with Crippen LogP contribution in [0.5, 0.6) is 0 Å². The molecular formula is C15H22N2O5S. The van der Waals surface area contributed by atoms with Crippen LogP contribution in [0.3, 0.4) is 0 Å². The Bertz CT molecular complexity index is 700. The quantitative estimate of drug-likeness (QED) is 0.729. The molecule has 1 aromatic carbocycles. The number of ether oxygens (including phenoxy) is 1. The van der Waals surface area contributed by atoms with Gasteiger partial charge in [-0.1, -0.05) is 6.92 Å². The Morgan fingerprint density at radius 1 is 1.13 bits per heavy atom. The summed E-state index contributed by atoms with van der Waals surface area (Å²) < 4.78 is 29.1. The molecule has 8 heteroatoms. The molecule has 0 fully saturated rings. The van der Waals surface area contributed by atoms with Crippen LogP contribution in [0.2, 0.25) is 0 Å². The smallest absolute Gasteiger partial charge is 0.337 e. The number of methoxy groups -OCH3 is 1. The van der Waals surface area contributed by atoms with Gasteiger partial charge in [0, 0.05) is 26.2 Å². The topological polar surface area (TPSA) is 84.0 Å². The number of nitrogens with zero attached hydrogens (tertiary/aromatic N) is 2. The Hall–Kier alpha value is -2.09. The highest BCUT2D eigenvalue weighted by Gasteiger charge is 2.20. The summed E-state index contributed by atoms with van der Waals surface area (Å²) in [6.45, 7) is 2.50. The highest BCUT2D eigenvalue weighted by Crippen LogP contribution is 2.22. The van der Waals surface area contributed by atoms with Gasteiger partial charge in [0.1, 0.15) is 0 Å². The average molecular weight is 342 g/mol. The van der Waals surface area contributed by atoms with Gasteiger partial charge in [-0.25, -0.2) is 13.2 Å². The SMILES string of the molecule is CCCN(C)C(=O)c1cc(C(=O)OC)cc(N(C)S(C)(=O)=O)c1. The molecule has 0 radical (unpaired) electrons. The van der Waals surface area contributed by atoms with Crippen LogP contribution in [-0.4, -0.2) is 59.2 Å². The molecule has 0 atom stereocenters. The number of carbonyl (C=O) groups excluding carboxylic acids is 2. The number of anilines is 1. The Balaban J connectivity index is 3.41.